The van der Waals surface area contributed by atoms with Crippen molar-refractivity contribution in [1.82, 2.24) is 0 Å². The van der Waals surface area contributed by atoms with E-state index in [2.05, 4.69) is 63.8 Å². The average molecular weight is 610 g/mol. The maximum absolute atomic E-state index is 9.57. The third-order valence-electron chi connectivity index (χ3n) is 1.87. The Balaban J connectivity index is 0.000000239. The summed E-state index contributed by atoms with van der Waals surface area (Å²) in [5, 5.41) is 0. The van der Waals surface area contributed by atoms with Crippen LogP contribution in [0.5, 0.6) is 0 Å². The van der Waals surface area contributed by atoms with Crippen LogP contribution in [0.25, 0.3) is 0 Å². The quantitative estimate of drug-likeness (QED) is 0.302. The average Bonchev–Trinajstić information content (AvgIpc) is 2.37. The molecule has 0 aliphatic rings. The van der Waals surface area contributed by atoms with E-state index < -0.39 is 24.6 Å². The fourth-order valence-corrected chi connectivity index (χ4v) is 6.27. The van der Waals surface area contributed by atoms with Crippen molar-refractivity contribution in [2.75, 3.05) is 0 Å². The Hall–Kier alpha value is -0.472. The topological polar surface area (TPSA) is 124 Å². The van der Waals surface area contributed by atoms with Gasteiger partial charge in [-0.2, -0.15) is 0 Å². The van der Waals surface area contributed by atoms with Gasteiger partial charge in [-0.15, -0.1) is 0 Å². The molecule has 0 bridgehead atoms. The fourth-order valence-electron chi connectivity index (χ4n) is 1.20. The van der Waals surface area contributed by atoms with E-state index >= 15 is 0 Å². The monoisotopic (exact) mass is 610 g/mol. The molecule has 7 nitrogen and oxygen atoms in total. The van der Waals surface area contributed by atoms with Crippen LogP contribution in [0, 0.1) is 7.14 Å². The van der Waals surface area contributed by atoms with Crippen molar-refractivity contribution >= 4 is 7.82 Å². The molecule has 0 aliphatic heterocycles. The smallest absolute Gasteiger partial charge is 0.0619 e. The summed E-state index contributed by atoms with van der Waals surface area (Å²) in [6.45, 7) is 0. The first-order valence-corrected chi connectivity index (χ1v) is 14.1. The molecule has 120 valence electrons. The minimum atomic E-state index is -6.44. The fraction of sp³-hybridized carbons (Fsp3) is 0. The van der Waals surface area contributed by atoms with Crippen molar-refractivity contribution < 1.29 is 66.0 Å². The molecule has 0 unspecified atom stereocenters. The maximum Gasteiger partial charge on any atom is 0.357 e. The Labute approximate surface area is 141 Å². The number of halogens is 1. The molecule has 0 atom stereocenters. The van der Waals surface area contributed by atoms with Crippen molar-refractivity contribution in [2.24, 2.45) is 0 Å². The van der Waals surface area contributed by atoms with Crippen LogP contribution in [0.1, 0.15) is 0 Å². The molecule has 0 spiro atoms. The van der Waals surface area contributed by atoms with E-state index in [0.717, 1.165) is 0 Å². The van der Waals surface area contributed by atoms with Crippen LogP contribution in [0.3, 0.4) is 0 Å². The van der Waals surface area contributed by atoms with Gasteiger partial charge in [-0.1, -0.05) is 36.4 Å². The Morgan fingerprint density at radius 1 is 0.909 bits per heavy atom. The molecular formula is C12H12IO7PW. The Morgan fingerprint density at radius 3 is 1.50 bits per heavy atom. The van der Waals surface area contributed by atoms with E-state index in [-0.39, 0.29) is 21.2 Å². The standard InChI is InChI=1S/C12H10I.H3O4P.3O.W/c1-3-7-11(8-4-1)13-12-9-5-2-6-10-12;1-5(2,3)4;;;;/h1-10H;(H3,1,2,3,4);;;;/q+1;;;;-1;+1/p-1. The van der Waals surface area contributed by atoms with Crippen molar-refractivity contribution in [2.45, 2.75) is 0 Å². The molecule has 2 aromatic rings. The third kappa shape index (κ3) is 10.3. The van der Waals surface area contributed by atoms with Crippen molar-refractivity contribution in [3.8, 4) is 0 Å². The van der Waals surface area contributed by atoms with Gasteiger partial charge < -0.3 is 0 Å². The van der Waals surface area contributed by atoms with E-state index in [1.807, 2.05) is 0 Å². The normalized spacial score (nSPS) is 11.4. The van der Waals surface area contributed by atoms with Crippen LogP contribution in [-0.2, 0) is 31.3 Å². The zero-order chi connectivity index (χ0) is 16.6. The second-order valence-electron chi connectivity index (χ2n) is 3.66. The molecule has 0 heterocycles. The Kier molecular flexibility index (Phi) is 7.99. The van der Waals surface area contributed by atoms with E-state index in [9.17, 15) is 15.1 Å². The first kappa shape index (κ1) is 19.6. The van der Waals surface area contributed by atoms with Crippen molar-refractivity contribution in [3.05, 3.63) is 67.8 Å². The van der Waals surface area contributed by atoms with Gasteiger partial charge in [0.1, 0.15) is 0 Å². The molecule has 0 radical (unpaired) electrons. The minimum absolute atomic E-state index is 0.0287. The van der Waals surface area contributed by atoms with Gasteiger partial charge in [-0.05, 0) is 24.3 Å². The molecule has 2 rings (SSSR count). The number of rotatable bonds is 4. The SMILES string of the molecule is O=P(O)(O)[O][W](=[O])(=[O])[O-].c1ccc([I+]c2ccccc2)cc1. The molecule has 0 aliphatic carbocycles. The Bertz CT molecular complexity index is 678. The zero-order valence-corrected chi connectivity index (χ0v) is 16.9. The van der Waals surface area contributed by atoms with Crippen LogP contribution in [0.15, 0.2) is 60.7 Å². The summed E-state index contributed by atoms with van der Waals surface area (Å²) in [5.74, 6) is 0. The van der Waals surface area contributed by atoms with Gasteiger partial charge in [-0.3, -0.25) is 0 Å². The molecular weight excluding hydrogens is 598 g/mol. The summed E-state index contributed by atoms with van der Waals surface area (Å²) in [5.41, 5.74) is 0. The van der Waals surface area contributed by atoms with Gasteiger partial charge in [0.15, 0.2) is 7.14 Å². The van der Waals surface area contributed by atoms with E-state index in [1.165, 1.54) is 7.14 Å². The van der Waals surface area contributed by atoms with E-state index in [1.54, 1.807) is 0 Å². The summed E-state index contributed by atoms with van der Waals surface area (Å²) < 4.78 is 43.9. The predicted octanol–water partition coefficient (Wildman–Crippen LogP) is -2.05. The summed E-state index contributed by atoms with van der Waals surface area (Å²) in [6.07, 6.45) is 0. The second kappa shape index (κ2) is 8.98. The zero-order valence-electron chi connectivity index (χ0n) is 10.9. The van der Waals surface area contributed by atoms with E-state index in [0.29, 0.717) is 0 Å². The second-order valence-corrected chi connectivity index (χ2v) is 12.4. The molecule has 2 N–H and O–H groups in total. The molecule has 22 heavy (non-hydrogen) atoms. The summed E-state index contributed by atoms with van der Waals surface area (Å²) in [4.78, 5) is 15.4. The van der Waals surface area contributed by atoms with Gasteiger partial charge in [0.2, 0.25) is 0 Å². The van der Waals surface area contributed by atoms with Crippen LogP contribution in [0.4, 0.5) is 0 Å². The molecule has 0 aromatic heterocycles. The van der Waals surface area contributed by atoms with Crippen molar-refractivity contribution in [1.29, 1.82) is 0 Å². The summed E-state index contributed by atoms with van der Waals surface area (Å²) >= 11 is -6.42. The molecule has 0 saturated carbocycles. The van der Waals surface area contributed by atoms with Crippen LogP contribution >= 0.6 is 7.82 Å². The summed E-state index contributed by atoms with van der Waals surface area (Å²) in [7, 11) is -5.13. The van der Waals surface area contributed by atoms with Gasteiger partial charge >= 0.3 is 73.9 Å². The van der Waals surface area contributed by atoms with Gasteiger partial charge in [0.25, 0.3) is 0 Å². The first-order chi connectivity index (χ1) is 10.2. The number of hydrogen-bond acceptors (Lipinski definition) is 5. The summed E-state index contributed by atoms with van der Waals surface area (Å²) in [6, 6.07) is 21.4. The van der Waals surface area contributed by atoms with E-state index in [4.69, 9.17) is 9.79 Å². The van der Waals surface area contributed by atoms with Crippen LogP contribution < -0.4 is 25.0 Å². The van der Waals surface area contributed by atoms with Crippen LogP contribution in [-0.4, -0.2) is 9.79 Å². The number of hydrogen-bond donors (Lipinski definition) is 2. The van der Waals surface area contributed by atoms with Gasteiger partial charge in [0, 0.05) is 0 Å². The Morgan fingerprint density at radius 2 is 1.27 bits per heavy atom. The number of phosphoric acid groups is 1. The minimum Gasteiger partial charge on any atom is -0.0619 e. The molecule has 0 fully saturated rings. The number of benzene rings is 2. The third-order valence-corrected chi connectivity index (χ3v) is 8.99. The van der Waals surface area contributed by atoms with Crippen LogP contribution in [0.2, 0.25) is 0 Å². The maximum atomic E-state index is 9.57. The molecule has 0 amide bonds. The predicted molar refractivity (Wildman–Crippen MR) is 64.8 cm³/mol. The molecule has 10 heteroatoms. The molecule has 2 aromatic carbocycles. The van der Waals surface area contributed by atoms with Gasteiger partial charge in [0.05, 0.1) is 0 Å². The van der Waals surface area contributed by atoms with Crippen molar-refractivity contribution in [3.63, 3.8) is 0 Å². The molecule has 0 saturated heterocycles. The largest absolute Gasteiger partial charge is 0.357 e. The first-order valence-electron chi connectivity index (χ1n) is 5.63. The van der Waals surface area contributed by atoms with Gasteiger partial charge in [-0.25, -0.2) is 0 Å².